The first-order valence-electron chi connectivity index (χ1n) is 11.5. The number of hydrogen-bond donors (Lipinski definition) is 1. The molecule has 0 saturated carbocycles. The smallest absolute Gasteiger partial charge is 0.251 e. The van der Waals surface area contributed by atoms with E-state index in [0.29, 0.717) is 6.54 Å². The Morgan fingerprint density at radius 3 is 2.44 bits per heavy atom. The number of rotatable bonds is 9. The third-order valence-electron chi connectivity index (χ3n) is 6.09. The highest BCUT2D eigenvalue weighted by Gasteiger charge is 2.16. The predicted octanol–water partition coefficient (Wildman–Crippen LogP) is 6.10. The lowest BCUT2D eigenvalue weighted by atomic mass is 10.1. The number of aryl methyl sites for hydroxylation is 2. The highest BCUT2D eigenvalue weighted by molar-refractivity contribution is 5.95. The number of carbonyl (C=O) groups is 1. The van der Waals surface area contributed by atoms with Crippen LogP contribution in [0.4, 0.5) is 0 Å². The zero-order valence-corrected chi connectivity index (χ0v) is 18.9. The number of nitrogens with zero attached hydrogens (tertiary/aromatic N) is 2. The van der Waals surface area contributed by atoms with E-state index in [-0.39, 0.29) is 11.9 Å². The first-order valence-corrected chi connectivity index (χ1v) is 11.5. The van der Waals surface area contributed by atoms with Crippen LogP contribution in [-0.4, -0.2) is 22.0 Å². The van der Waals surface area contributed by atoms with Gasteiger partial charge in [-0.25, -0.2) is 4.98 Å². The first kappa shape index (κ1) is 21.8. The predicted molar refractivity (Wildman–Crippen MR) is 131 cm³/mol. The maximum atomic E-state index is 12.3. The van der Waals surface area contributed by atoms with Crippen LogP contribution < -0.4 is 5.32 Å². The molecule has 0 spiro atoms. The number of amides is 1. The number of imidazole rings is 1. The van der Waals surface area contributed by atoms with Crippen LogP contribution in [0.2, 0.25) is 0 Å². The monoisotopic (exact) mass is 425 g/mol. The van der Waals surface area contributed by atoms with Gasteiger partial charge in [-0.2, -0.15) is 0 Å². The Morgan fingerprint density at radius 1 is 0.906 bits per heavy atom. The Balaban J connectivity index is 1.35. The second kappa shape index (κ2) is 10.3. The van der Waals surface area contributed by atoms with E-state index >= 15 is 0 Å². The number of carbonyl (C=O) groups excluding carboxylic acids is 1. The van der Waals surface area contributed by atoms with Gasteiger partial charge in [0.2, 0.25) is 0 Å². The van der Waals surface area contributed by atoms with Crippen molar-refractivity contribution in [2.24, 2.45) is 0 Å². The van der Waals surface area contributed by atoms with Crippen molar-refractivity contribution in [3.8, 4) is 0 Å². The Kier molecular flexibility index (Phi) is 7.00. The molecule has 4 rings (SSSR count). The van der Waals surface area contributed by atoms with Crippen LogP contribution in [0.25, 0.3) is 11.0 Å². The lowest BCUT2D eigenvalue weighted by molar-refractivity contribution is 0.0952. The molecule has 0 radical (unpaired) electrons. The van der Waals surface area contributed by atoms with Crippen molar-refractivity contribution in [3.63, 3.8) is 0 Å². The van der Waals surface area contributed by atoms with Gasteiger partial charge >= 0.3 is 0 Å². The van der Waals surface area contributed by atoms with Crippen LogP contribution in [-0.2, 0) is 6.42 Å². The molecule has 1 atom stereocenters. The molecule has 0 saturated heterocycles. The number of unbranched alkanes of at least 4 members (excludes halogenated alkanes) is 2. The molecule has 3 aromatic carbocycles. The summed E-state index contributed by atoms with van der Waals surface area (Å²) in [5.41, 5.74) is 5.29. The minimum atomic E-state index is 0.0154. The van der Waals surface area contributed by atoms with Crippen LogP contribution in [0, 0.1) is 6.92 Å². The van der Waals surface area contributed by atoms with E-state index in [0.717, 1.165) is 48.2 Å². The zero-order valence-electron chi connectivity index (χ0n) is 18.9. The Labute approximate surface area is 190 Å². The van der Waals surface area contributed by atoms with Crippen molar-refractivity contribution in [1.29, 1.82) is 0 Å². The summed E-state index contributed by atoms with van der Waals surface area (Å²) in [4.78, 5) is 17.3. The lowest BCUT2D eigenvalue weighted by Crippen LogP contribution is -2.25. The van der Waals surface area contributed by atoms with Gasteiger partial charge in [0.1, 0.15) is 5.82 Å². The molecule has 1 unspecified atom stereocenters. The molecule has 4 nitrogen and oxygen atoms in total. The van der Waals surface area contributed by atoms with Gasteiger partial charge in [0, 0.05) is 18.5 Å². The largest absolute Gasteiger partial charge is 0.352 e. The number of aromatic nitrogens is 2. The molecule has 0 aliphatic rings. The molecule has 0 fully saturated rings. The van der Waals surface area contributed by atoms with Gasteiger partial charge in [0.05, 0.1) is 17.1 Å². The second-order valence-electron chi connectivity index (χ2n) is 8.35. The van der Waals surface area contributed by atoms with E-state index < -0.39 is 0 Å². The van der Waals surface area contributed by atoms with Crippen molar-refractivity contribution in [1.82, 2.24) is 14.9 Å². The molecule has 4 heteroatoms. The number of nitrogens with one attached hydrogen (secondary N) is 1. The standard InChI is InChI=1S/C28H31N3O/c1-21-13-8-9-16-24(21)28(32)29-20-12-4-7-19-27-30-25-17-10-11-18-26(25)31(27)22(2)23-14-5-3-6-15-23/h3,5-6,8-11,13-18,22H,4,7,12,19-20H2,1-2H3,(H,29,32). The number of para-hydroxylation sites is 2. The SMILES string of the molecule is Cc1ccccc1C(=O)NCCCCCc1nc2ccccc2n1C(C)c1ccccc1. The first-order chi connectivity index (χ1) is 15.6. The van der Waals surface area contributed by atoms with Gasteiger partial charge in [0.15, 0.2) is 0 Å². The molecule has 1 amide bonds. The van der Waals surface area contributed by atoms with E-state index in [4.69, 9.17) is 4.98 Å². The molecule has 0 bridgehead atoms. The summed E-state index contributed by atoms with van der Waals surface area (Å²) in [6, 6.07) is 26.9. The van der Waals surface area contributed by atoms with E-state index in [1.807, 2.05) is 37.3 Å². The Bertz CT molecular complexity index is 1180. The third kappa shape index (κ3) is 4.91. The molecule has 0 aliphatic carbocycles. The molecular weight excluding hydrogens is 394 g/mol. The van der Waals surface area contributed by atoms with Crippen molar-refractivity contribution >= 4 is 16.9 Å². The van der Waals surface area contributed by atoms with E-state index in [2.05, 4.69) is 65.3 Å². The van der Waals surface area contributed by atoms with Gasteiger partial charge in [-0.05, 0) is 56.0 Å². The number of benzene rings is 3. The van der Waals surface area contributed by atoms with Crippen LogP contribution in [0.15, 0.2) is 78.9 Å². The van der Waals surface area contributed by atoms with Crippen LogP contribution in [0.1, 0.15) is 59.5 Å². The average molecular weight is 426 g/mol. The quantitative estimate of drug-likeness (QED) is 0.330. The summed E-state index contributed by atoms with van der Waals surface area (Å²) in [6.45, 7) is 4.91. The Morgan fingerprint density at radius 2 is 1.62 bits per heavy atom. The van der Waals surface area contributed by atoms with Crippen LogP contribution >= 0.6 is 0 Å². The van der Waals surface area contributed by atoms with Gasteiger partial charge in [-0.3, -0.25) is 4.79 Å². The van der Waals surface area contributed by atoms with Crippen molar-refractivity contribution in [2.75, 3.05) is 6.54 Å². The van der Waals surface area contributed by atoms with Crippen molar-refractivity contribution < 1.29 is 4.79 Å². The minimum absolute atomic E-state index is 0.0154. The van der Waals surface area contributed by atoms with Gasteiger partial charge in [0.25, 0.3) is 5.91 Å². The van der Waals surface area contributed by atoms with E-state index in [9.17, 15) is 4.79 Å². The number of hydrogen-bond acceptors (Lipinski definition) is 2. The number of fused-ring (bicyclic) bond motifs is 1. The maximum absolute atomic E-state index is 12.3. The molecular formula is C28H31N3O. The Hall–Kier alpha value is -3.40. The summed E-state index contributed by atoms with van der Waals surface area (Å²) in [5, 5.41) is 3.05. The fraction of sp³-hybridized carbons (Fsp3) is 0.286. The van der Waals surface area contributed by atoms with E-state index in [1.54, 1.807) is 0 Å². The molecule has 0 aliphatic heterocycles. The minimum Gasteiger partial charge on any atom is -0.352 e. The maximum Gasteiger partial charge on any atom is 0.251 e. The summed E-state index contributed by atoms with van der Waals surface area (Å²) >= 11 is 0. The molecule has 32 heavy (non-hydrogen) atoms. The lowest BCUT2D eigenvalue weighted by Gasteiger charge is -2.18. The molecule has 1 N–H and O–H groups in total. The summed E-state index contributed by atoms with van der Waals surface area (Å²) in [5.74, 6) is 1.15. The van der Waals surface area contributed by atoms with E-state index in [1.165, 1.54) is 11.1 Å². The molecule has 1 heterocycles. The van der Waals surface area contributed by atoms with Crippen LogP contribution in [0.5, 0.6) is 0 Å². The summed E-state index contributed by atoms with van der Waals surface area (Å²) in [7, 11) is 0. The van der Waals surface area contributed by atoms with Crippen molar-refractivity contribution in [2.45, 2.75) is 45.6 Å². The fourth-order valence-corrected chi connectivity index (χ4v) is 4.29. The van der Waals surface area contributed by atoms with Gasteiger partial charge in [-0.1, -0.05) is 67.1 Å². The third-order valence-corrected chi connectivity index (χ3v) is 6.09. The van der Waals surface area contributed by atoms with Crippen molar-refractivity contribution in [3.05, 3.63) is 101 Å². The molecule has 1 aromatic heterocycles. The van der Waals surface area contributed by atoms with Gasteiger partial charge < -0.3 is 9.88 Å². The molecule has 164 valence electrons. The second-order valence-corrected chi connectivity index (χ2v) is 8.35. The zero-order chi connectivity index (χ0) is 22.3. The highest BCUT2D eigenvalue weighted by atomic mass is 16.1. The topological polar surface area (TPSA) is 46.9 Å². The molecule has 4 aromatic rings. The summed E-state index contributed by atoms with van der Waals surface area (Å²) in [6.07, 6.45) is 3.99. The normalized spacial score (nSPS) is 12.1. The van der Waals surface area contributed by atoms with Gasteiger partial charge in [-0.15, -0.1) is 0 Å². The average Bonchev–Trinajstić information content (AvgIpc) is 3.19. The summed E-state index contributed by atoms with van der Waals surface area (Å²) < 4.78 is 2.38. The fourth-order valence-electron chi connectivity index (χ4n) is 4.29. The van der Waals surface area contributed by atoms with Crippen LogP contribution in [0.3, 0.4) is 0 Å². The highest BCUT2D eigenvalue weighted by Crippen LogP contribution is 2.26.